The van der Waals surface area contributed by atoms with Crippen LogP contribution in [0.25, 0.3) is 0 Å². The lowest BCUT2D eigenvalue weighted by molar-refractivity contribution is -0.304. The number of hydrogen-bond acceptors (Lipinski definition) is 6. The highest BCUT2D eigenvalue weighted by atomic mass is 32.2. The van der Waals surface area contributed by atoms with Crippen LogP contribution in [0.15, 0.2) is 5.16 Å². The summed E-state index contributed by atoms with van der Waals surface area (Å²) >= 11 is 1.14. The minimum atomic E-state index is -1.09. The number of hydrogen-bond donors (Lipinski definition) is 0. The number of carboxylic acid groups (broad SMARTS) is 1. The van der Waals surface area contributed by atoms with Gasteiger partial charge < -0.3 is 9.90 Å². The van der Waals surface area contributed by atoms with Crippen molar-refractivity contribution in [2.45, 2.75) is 55.5 Å². The molecule has 0 unspecified atom stereocenters. The first-order valence-electron chi connectivity index (χ1n) is 5.84. The first kappa shape index (κ1) is 12.3. The summed E-state index contributed by atoms with van der Waals surface area (Å²) in [4.78, 5) is 10.7. The van der Waals surface area contributed by atoms with Gasteiger partial charge in [0.25, 0.3) is 0 Å². The molecular formula is C10H15N4O2S-. The van der Waals surface area contributed by atoms with Gasteiger partial charge in [-0.2, -0.15) is 0 Å². The van der Waals surface area contributed by atoms with Crippen LogP contribution in [0.1, 0.15) is 45.1 Å². The molecule has 0 N–H and O–H groups in total. The maximum Gasteiger partial charge on any atom is 0.210 e. The van der Waals surface area contributed by atoms with Crippen molar-refractivity contribution in [1.82, 2.24) is 20.2 Å². The molecule has 0 aromatic carbocycles. The molecule has 1 fully saturated rings. The third-order valence-electron chi connectivity index (χ3n) is 3.00. The lowest BCUT2D eigenvalue weighted by Gasteiger charge is -2.22. The van der Waals surface area contributed by atoms with Gasteiger partial charge in [-0.1, -0.05) is 31.0 Å². The Balaban J connectivity index is 2.07. The van der Waals surface area contributed by atoms with Gasteiger partial charge in [-0.05, 0) is 30.2 Å². The van der Waals surface area contributed by atoms with Crippen LogP contribution in [0.2, 0.25) is 0 Å². The van der Waals surface area contributed by atoms with E-state index in [0.717, 1.165) is 24.6 Å². The smallest absolute Gasteiger partial charge is 0.210 e. The fourth-order valence-electron chi connectivity index (χ4n) is 2.02. The molecule has 94 valence electrons. The third kappa shape index (κ3) is 2.96. The van der Waals surface area contributed by atoms with Crippen molar-refractivity contribution in [2.75, 3.05) is 0 Å². The van der Waals surface area contributed by atoms with E-state index in [0.29, 0.717) is 11.2 Å². The standard InChI is InChI=1S/C10H16N4O2S/c1-7(9(15)16)17-10-11-12-13-14(10)8-5-3-2-4-6-8/h7-8H,2-6H2,1H3,(H,15,16)/p-1/t7-/m1/s1. The normalized spacial score (nSPS) is 19.1. The first-order valence-corrected chi connectivity index (χ1v) is 6.72. The summed E-state index contributed by atoms with van der Waals surface area (Å²) in [6.07, 6.45) is 5.77. The molecule has 7 heteroatoms. The van der Waals surface area contributed by atoms with Gasteiger partial charge in [0.2, 0.25) is 5.16 Å². The lowest BCUT2D eigenvalue weighted by atomic mass is 9.96. The average Bonchev–Trinajstić information content (AvgIpc) is 2.78. The fraction of sp³-hybridized carbons (Fsp3) is 0.800. The minimum absolute atomic E-state index is 0.315. The van der Waals surface area contributed by atoms with Crippen LogP contribution in [0.5, 0.6) is 0 Å². The Morgan fingerprint density at radius 2 is 2.18 bits per heavy atom. The number of thioether (sulfide) groups is 1. The zero-order chi connectivity index (χ0) is 12.3. The third-order valence-corrected chi connectivity index (χ3v) is 4.02. The number of carboxylic acids is 1. The van der Waals surface area contributed by atoms with E-state index in [2.05, 4.69) is 15.5 Å². The summed E-state index contributed by atoms with van der Waals surface area (Å²) in [6.45, 7) is 1.58. The van der Waals surface area contributed by atoms with Crippen molar-refractivity contribution < 1.29 is 9.90 Å². The van der Waals surface area contributed by atoms with Crippen LogP contribution < -0.4 is 5.11 Å². The SMILES string of the molecule is C[C@@H](Sc1nnnn1C1CCCCC1)C(=O)[O-]. The van der Waals surface area contributed by atoms with Crippen LogP contribution in [0.4, 0.5) is 0 Å². The number of rotatable bonds is 4. The number of aliphatic carboxylic acids is 1. The number of nitrogens with zero attached hydrogens (tertiary/aromatic N) is 4. The molecule has 1 aliphatic rings. The molecule has 0 saturated heterocycles. The summed E-state index contributed by atoms with van der Waals surface area (Å²) in [5, 5.41) is 22.1. The number of aromatic nitrogens is 4. The Labute approximate surface area is 104 Å². The fourth-order valence-corrected chi connectivity index (χ4v) is 2.81. The highest BCUT2D eigenvalue weighted by Crippen LogP contribution is 2.31. The maximum atomic E-state index is 10.7. The highest BCUT2D eigenvalue weighted by molar-refractivity contribution is 8.00. The van der Waals surface area contributed by atoms with E-state index < -0.39 is 11.2 Å². The lowest BCUT2D eigenvalue weighted by Crippen LogP contribution is -2.31. The molecule has 0 spiro atoms. The van der Waals surface area contributed by atoms with Gasteiger partial charge in [0, 0.05) is 5.25 Å². The van der Waals surface area contributed by atoms with E-state index in [-0.39, 0.29) is 0 Å². The summed E-state index contributed by atoms with van der Waals surface area (Å²) in [7, 11) is 0. The largest absolute Gasteiger partial charge is 0.549 e. The molecule has 1 heterocycles. The van der Waals surface area contributed by atoms with Crippen LogP contribution in [0.3, 0.4) is 0 Å². The Bertz CT molecular complexity index is 389. The average molecular weight is 255 g/mol. The monoisotopic (exact) mass is 255 g/mol. The van der Waals surface area contributed by atoms with E-state index in [1.165, 1.54) is 19.3 Å². The predicted molar refractivity (Wildman–Crippen MR) is 60.3 cm³/mol. The molecule has 1 atom stereocenters. The van der Waals surface area contributed by atoms with Crippen molar-refractivity contribution >= 4 is 17.7 Å². The molecule has 0 amide bonds. The predicted octanol–water partition coefficient (Wildman–Crippen LogP) is 0.409. The molecule has 6 nitrogen and oxygen atoms in total. The quantitative estimate of drug-likeness (QED) is 0.724. The molecule has 0 bridgehead atoms. The number of carbonyl (C=O) groups excluding carboxylic acids is 1. The van der Waals surface area contributed by atoms with Gasteiger partial charge in [-0.25, -0.2) is 4.68 Å². The van der Waals surface area contributed by atoms with Crippen molar-refractivity contribution in [3.8, 4) is 0 Å². The Morgan fingerprint density at radius 3 is 2.82 bits per heavy atom. The van der Waals surface area contributed by atoms with Crippen molar-refractivity contribution in [3.05, 3.63) is 0 Å². The van der Waals surface area contributed by atoms with Gasteiger partial charge in [0.05, 0.1) is 12.0 Å². The molecule has 1 aromatic rings. The van der Waals surface area contributed by atoms with Gasteiger partial charge in [-0.3, -0.25) is 0 Å². The van der Waals surface area contributed by atoms with Crippen molar-refractivity contribution in [2.24, 2.45) is 0 Å². The van der Waals surface area contributed by atoms with E-state index in [9.17, 15) is 9.90 Å². The molecule has 17 heavy (non-hydrogen) atoms. The molecule has 1 aromatic heterocycles. The second-order valence-corrected chi connectivity index (χ2v) is 5.58. The summed E-state index contributed by atoms with van der Waals surface area (Å²) in [6, 6.07) is 0.315. The molecular weight excluding hydrogens is 240 g/mol. The number of carbonyl (C=O) groups is 1. The van der Waals surface area contributed by atoms with E-state index in [1.807, 2.05) is 0 Å². The zero-order valence-corrected chi connectivity index (χ0v) is 10.5. The van der Waals surface area contributed by atoms with E-state index in [1.54, 1.807) is 11.6 Å². The van der Waals surface area contributed by atoms with Gasteiger partial charge in [-0.15, -0.1) is 5.10 Å². The van der Waals surface area contributed by atoms with Crippen molar-refractivity contribution in [1.29, 1.82) is 0 Å². The highest BCUT2D eigenvalue weighted by Gasteiger charge is 2.21. The Kier molecular flexibility index (Phi) is 3.98. The zero-order valence-electron chi connectivity index (χ0n) is 9.70. The molecule has 1 aliphatic carbocycles. The summed E-state index contributed by atoms with van der Waals surface area (Å²) in [5.74, 6) is -1.09. The van der Waals surface area contributed by atoms with E-state index >= 15 is 0 Å². The summed E-state index contributed by atoms with van der Waals surface area (Å²) < 4.78 is 1.77. The van der Waals surface area contributed by atoms with Crippen LogP contribution in [-0.4, -0.2) is 31.4 Å². The second kappa shape index (κ2) is 5.48. The van der Waals surface area contributed by atoms with Crippen LogP contribution in [-0.2, 0) is 4.79 Å². The first-order chi connectivity index (χ1) is 8.18. The maximum absolute atomic E-state index is 10.7. The van der Waals surface area contributed by atoms with E-state index in [4.69, 9.17) is 0 Å². The molecule has 1 saturated carbocycles. The molecule has 0 radical (unpaired) electrons. The van der Waals surface area contributed by atoms with Crippen LogP contribution >= 0.6 is 11.8 Å². The second-order valence-electron chi connectivity index (χ2n) is 4.28. The van der Waals surface area contributed by atoms with Crippen LogP contribution in [0, 0.1) is 0 Å². The van der Waals surface area contributed by atoms with Crippen molar-refractivity contribution in [3.63, 3.8) is 0 Å². The molecule has 2 rings (SSSR count). The van der Waals surface area contributed by atoms with Gasteiger partial charge >= 0.3 is 0 Å². The minimum Gasteiger partial charge on any atom is -0.549 e. The Hall–Kier alpha value is -1.11. The Morgan fingerprint density at radius 1 is 1.47 bits per heavy atom. The molecule has 0 aliphatic heterocycles. The van der Waals surface area contributed by atoms with Gasteiger partial charge in [0.15, 0.2) is 0 Å². The van der Waals surface area contributed by atoms with Gasteiger partial charge in [0.1, 0.15) is 0 Å². The topological polar surface area (TPSA) is 83.7 Å². The number of tetrazole rings is 1. The summed E-state index contributed by atoms with van der Waals surface area (Å²) in [5.41, 5.74) is 0.